The number of rotatable bonds is 25. The summed E-state index contributed by atoms with van der Waals surface area (Å²) in [6, 6.07) is 32.3. The van der Waals surface area contributed by atoms with E-state index < -0.39 is 79.0 Å². The molecule has 6 aliphatic rings. The third-order valence-corrected chi connectivity index (χ3v) is 19.3. The highest BCUT2D eigenvalue weighted by atomic mass is 16.6. The summed E-state index contributed by atoms with van der Waals surface area (Å²) >= 11 is 0. The molecule has 1 spiro atoms. The van der Waals surface area contributed by atoms with Gasteiger partial charge in [-0.25, -0.2) is 9.69 Å². The first-order valence-corrected chi connectivity index (χ1v) is 34.3. The Hall–Kier alpha value is -11.6. The normalized spacial score (nSPS) is 17.7. The highest BCUT2D eigenvalue weighted by Gasteiger charge is 2.58. The van der Waals surface area contributed by atoms with Crippen molar-refractivity contribution in [3.8, 4) is 40.6 Å². The van der Waals surface area contributed by atoms with Crippen molar-refractivity contribution in [3.05, 3.63) is 166 Å². The number of carbonyl (C=O) groups is 9. The Labute approximate surface area is 595 Å². The summed E-state index contributed by atoms with van der Waals surface area (Å²) in [5, 5.41) is 28.5. The lowest BCUT2D eigenvalue weighted by Crippen LogP contribution is -2.55. The van der Waals surface area contributed by atoms with E-state index in [1.165, 1.54) is 33.3 Å². The van der Waals surface area contributed by atoms with Crippen LogP contribution in [0.4, 0.5) is 27.5 Å². The Morgan fingerprint density at radius 3 is 2.07 bits per heavy atom. The van der Waals surface area contributed by atoms with Crippen LogP contribution in [0.5, 0.6) is 28.7 Å². The first-order valence-electron chi connectivity index (χ1n) is 34.3. The molecule has 5 atom stereocenters. The minimum absolute atomic E-state index is 0.0570. The fourth-order valence-electron chi connectivity index (χ4n) is 13.4. The fraction of sp³-hybridized carbons (Fsp3) is 0.364. The third-order valence-electron chi connectivity index (χ3n) is 19.3. The van der Waals surface area contributed by atoms with Crippen LogP contribution in [0.3, 0.4) is 0 Å². The third kappa shape index (κ3) is 16.1. The molecular weight excluding hydrogens is 1320 g/mol. The zero-order valence-electron chi connectivity index (χ0n) is 58.1. The SMILES string of the molecule is COc1ccc(C2=CN3C(=O)c4cc(OC)c(OCCCOc5cc6c(cc5OC)C(=O)N5CC7(CC7)C[C@H]5C(O)N6C(=O)OCc5ccc(NC(=O)[C@H](C)NC(=O)[C@H](NC(=O)CNC(=O)CNC(=O)CCC(=O)N6Cc7ccccc7C#Cc7ccccc76)C(C)C)cc5)cc4NC[C@@H]3C2)cc1. The van der Waals surface area contributed by atoms with Gasteiger partial charge in [-0.1, -0.05) is 80.3 Å². The van der Waals surface area contributed by atoms with Crippen LogP contribution in [-0.2, 0) is 46.7 Å². The number of aliphatic hydroxyl groups excluding tert-OH is 1. The number of aliphatic hydroxyl groups is 1. The summed E-state index contributed by atoms with van der Waals surface area (Å²) in [5.74, 6) is 3.77. The van der Waals surface area contributed by atoms with Crippen LogP contribution in [0.2, 0.25) is 0 Å². The maximum Gasteiger partial charge on any atom is 0.416 e. The minimum atomic E-state index is -1.50. The van der Waals surface area contributed by atoms with E-state index in [1.54, 1.807) is 78.1 Å². The van der Waals surface area contributed by atoms with Gasteiger partial charge in [0.15, 0.2) is 29.2 Å². The topological polar surface area (TPSA) is 314 Å². The van der Waals surface area contributed by atoms with Gasteiger partial charge in [-0.3, -0.25) is 38.4 Å². The first kappa shape index (κ1) is 71.2. The molecule has 1 saturated heterocycles. The van der Waals surface area contributed by atoms with Crippen LogP contribution in [-0.4, -0.2) is 159 Å². The van der Waals surface area contributed by atoms with Gasteiger partial charge < -0.3 is 80.1 Å². The molecule has 7 N–H and O–H groups in total. The minimum Gasteiger partial charge on any atom is -0.497 e. The number of hydrogen-bond acceptors (Lipinski definition) is 17. The summed E-state index contributed by atoms with van der Waals surface area (Å²) < 4.78 is 35.2. The lowest BCUT2D eigenvalue weighted by molar-refractivity contribution is -0.132. The molecule has 1 aliphatic carbocycles. The number of ether oxygens (including phenoxy) is 6. The standard InChI is InChI=1S/C77H82N10O16/c1-45(2)70(83-68(90)40-80-67(89)39-79-66(88)26-27-69(91)85-41-51-14-8-7-12-48(51)18-19-50-13-9-10-15-59(50)85)72(93)81-46(3)71(92)82-53-22-16-47(17-23-53)43-103-76(97)87-60-36-65(63(100-6)34-57(60)74(95)86-44-77(28-29-77)37-61(86)75(87)96)102-31-11-30-101-64-35-58-56(33-62(64)99-5)73(94)84-42-52(32-54(84)38-78-58)49-20-24-55(98-4)25-21-49/h7-10,12-17,20-25,33-36,42,45-46,54,61,70,75,78,96H,11,26-32,37-41,43-44H2,1-6H3,(H,79,88)(H,80,89)(H,81,93)(H,82,92)(H,83,90)/t46-,54-,61-,70+,75?/m0/s1. The summed E-state index contributed by atoms with van der Waals surface area (Å²) in [5.41, 5.74) is 6.94. The van der Waals surface area contributed by atoms with E-state index in [4.69, 9.17) is 28.4 Å². The Balaban J connectivity index is 0.606. The number of fused-ring (bicyclic) bond motifs is 6. The van der Waals surface area contributed by atoms with Gasteiger partial charge in [-0.15, -0.1) is 0 Å². The largest absolute Gasteiger partial charge is 0.497 e. The molecule has 2 fully saturated rings. The molecule has 26 heteroatoms. The van der Waals surface area contributed by atoms with Crippen LogP contribution in [0.25, 0.3) is 5.57 Å². The van der Waals surface area contributed by atoms with Gasteiger partial charge in [0.1, 0.15) is 24.4 Å². The molecule has 103 heavy (non-hydrogen) atoms. The molecule has 536 valence electrons. The molecule has 12 rings (SSSR count). The van der Waals surface area contributed by atoms with Crippen molar-refractivity contribution < 1.29 is 76.7 Å². The summed E-state index contributed by atoms with van der Waals surface area (Å²) in [6.07, 6.45) is 2.40. The number of benzene rings is 6. The van der Waals surface area contributed by atoms with Crippen molar-refractivity contribution in [2.24, 2.45) is 11.3 Å². The fourth-order valence-corrected chi connectivity index (χ4v) is 13.4. The molecule has 26 nitrogen and oxygen atoms in total. The first-order chi connectivity index (χ1) is 49.7. The van der Waals surface area contributed by atoms with E-state index in [0.717, 1.165) is 45.8 Å². The van der Waals surface area contributed by atoms with E-state index in [2.05, 4.69) is 43.7 Å². The molecule has 1 saturated carbocycles. The van der Waals surface area contributed by atoms with Gasteiger partial charge in [-0.05, 0) is 121 Å². The molecule has 6 aromatic carbocycles. The predicted octanol–water partition coefficient (Wildman–Crippen LogP) is 7.25. The molecule has 0 radical (unpaired) electrons. The van der Waals surface area contributed by atoms with Gasteiger partial charge in [0.25, 0.3) is 11.8 Å². The van der Waals surface area contributed by atoms with E-state index in [0.29, 0.717) is 77.6 Å². The van der Waals surface area contributed by atoms with Crippen LogP contribution in [0, 0.1) is 23.2 Å². The number of carbonyl (C=O) groups excluding carboxylic acids is 9. The van der Waals surface area contributed by atoms with Crippen molar-refractivity contribution in [2.75, 3.05) is 81.2 Å². The summed E-state index contributed by atoms with van der Waals surface area (Å²) in [7, 11) is 4.56. The number of hydrogen-bond donors (Lipinski definition) is 7. The van der Waals surface area contributed by atoms with E-state index in [9.17, 15) is 48.3 Å². The van der Waals surface area contributed by atoms with E-state index in [1.807, 2.05) is 72.9 Å². The van der Waals surface area contributed by atoms with E-state index >= 15 is 0 Å². The molecule has 5 aliphatic heterocycles. The Morgan fingerprint density at radius 2 is 1.36 bits per heavy atom. The number of anilines is 4. The van der Waals surface area contributed by atoms with Gasteiger partial charge in [0.2, 0.25) is 35.4 Å². The van der Waals surface area contributed by atoms with Crippen molar-refractivity contribution >= 4 is 81.7 Å². The zero-order valence-corrected chi connectivity index (χ0v) is 58.1. The monoisotopic (exact) mass is 1400 g/mol. The average Bonchev–Trinajstić information content (AvgIpc) is 1.57. The quantitative estimate of drug-likeness (QED) is 0.0219. The highest BCUT2D eigenvalue weighted by Crippen LogP contribution is 2.57. The van der Waals surface area contributed by atoms with Crippen molar-refractivity contribution in [3.63, 3.8) is 0 Å². The number of amides is 9. The molecule has 1 unspecified atom stereocenters. The summed E-state index contributed by atoms with van der Waals surface area (Å²) in [6.45, 7) is 5.02. The maximum absolute atomic E-state index is 14.5. The van der Waals surface area contributed by atoms with Crippen LogP contribution < -0.4 is 65.4 Å². The molecule has 5 heterocycles. The van der Waals surface area contributed by atoms with Crippen LogP contribution in [0.15, 0.2) is 128 Å². The molecule has 0 bridgehead atoms. The second-order valence-electron chi connectivity index (χ2n) is 26.7. The van der Waals surface area contributed by atoms with E-state index in [-0.39, 0.29) is 91.1 Å². The van der Waals surface area contributed by atoms with Crippen molar-refractivity contribution in [1.29, 1.82) is 0 Å². The number of methoxy groups -OCH3 is 3. The molecule has 9 amide bonds. The van der Waals surface area contributed by atoms with Gasteiger partial charge in [0, 0.05) is 67.5 Å². The highest BCUT2D eigenvalue weighted by molar-refractivity contribution is 6.07. The second-order valence-corrected chi connectivity index (χ2v) is 26.7. The molecular formula is C77H82N10O16. The van der Waals surface area contributed by atoms with Gasteiger partial charge in [-0.2, -0.15) is 0 Å². The number of para-hydroxylation sites is 1. The van der Waals surface area contributed by atoms with Crippen LogP contribution in [0.1, 0.15) is 114 Å². The van der Waals surface area contributed by atoms with Gasteiger partial charge in [0.05, 0.1) is 94.5 Å². The zero-order chi connectivity index (χ0) is 72.6. The Kier molecular flexibility index (Phi) is 21.5. The van der Waals surface area contributed by atoms with Crippen LogP contribution >= 0.6 is 0 Å². The predicted molar refractivity (Wildman–Crippen MR) is 380 cm³/mol. The molecule has 0 aromatic heterocycles. The smallest absolute Gasteiger partial charge is 0.416 e. The Morgan fingerprint density at radius 1 is 0.689 bits per heavy atom. The van der Waals surface area contributed by atoms with Gasteiger partial charge >= 0.3 is 6.09 Å². The number of nitrogens with zero attached hydrogens (tertiary/aromatic N) is 4. The Bertz CT molecular complexity index is 4390. The maximum atomic E-state index is 14.5. The summed E-state index contributed by atoms with van der Waals surface area (Å²) in [4.78, 5) is 128. The lowest BCUT2D eigenvalue weighted by Gasteiger charge is -2.31. The lowest BCUT2D eigenvalue weighted by atomic mass is 10.0. The van der Waals surface area contributed by atoms with Crippen molar-refractivity contribution in [2.45, 2.75) is 109 Å². The van der Waals surface area contributed by atoms with Crippen molar-refractivity contribution in [1.82, 2.24) is 31.1 Å². The molecule has 6 aromatic rings. The average molecular weight is 1400 g/mol. The number of nitrogens with one attached hydrogen (secondary N) is 6. The second kappa shape index (κ2) is 31.1.